The summed E-state index contributed by atoms with van der Waals surface area (Å²) in [6, 6.07) is 1.50. The van der Waals surface area contributed by atoms with Crippen LogP contribution in [0.4, 0.5) is 14.7 Å². The van der Waals surface area contributed by atoms with Crippen LogP contribution in [0.2, 0.25) is 0 Å². The number of alkyl halides is 2. The summed E-state index contributed by atoms with van der Waals surface area (Å²) < 4.78 is 26.1. The van der Waals surface area contributed by atoms with E-state index in [4.69, 9.17) is 11.0 Å². The molecule has 2 N–H and O–H groups in total. The molecule has 0 aliphatic carbocycles. The van der Waals surface area contributed by atoms with Crippen molar-refractivity contribution in [3.8, 4) is 6.07 Å². The second kappa shape index (κ2) is 4.82. The Labute approximate surface area is 103 Å². The van der Waals surface area contributed by atoms with E-state index in [0.29, 0.717) is 5.56 Å². The second-order valence-corrected chi connectivity index (χ2v) is 4.30. The molecule has 0 radical (unpaired) electrons. The van der Waals surface area contributed by atoms with Crippen LogP contribution in [0.1, 0.15) is 24.4 Å². The first-order valence-electron chi connectivity index (χ1n) is 5.61. The van der Waals surface area contributed by atoms with Crippen molar-refractivity contribution in [1.82, 2.24) is 14.9 Å². The molecule has 0 spiro atoms. The van der Waals surface area contributed by atoms with Crippen molar-refractivity contribution in [2.24, 2.45) is 0 Å². The SMILES string of the molecule is N#CC(c1cnc(N)nc1)N1CCC(F)(F)CC1. The Morgan fingerprint density at radius 2 is 1.89 bits per heavy atom. The highest BCUT2D eigenvalue weighted by Gasteiger charge is 2.36. The Bertz CT molecular complexity index is 443. The van der Waals surface area contributed by atoms with Gasteiger partial charge in [-0.1, -0.05) is 0 Å². The van der Waals surface area contributed by atoms with Gasteiger partial charge in [0.2, 0.25) is 5.95 Å². The number of nitriles is 1. The van der Waals surface area contributed by atoms with Crippen LogP contribution in [0, 0.1) is 11.3 Å². The number of nitrogen functional groups attached to an aromatic ring is 1. The molecule has 1 unspecified atom stereocenters. The fourth-order valence-corrected chi connectivity index (χ4v) is 1.97. The molecule has 7 heteroatoms. The van der Waals surface area contributed by atoms with E-state index in [1.807, 2.05) is 0 Å². The van der Waals surface area contributed by atoms with Gasteiger partial charge < -0.3 is 5.73 Å². The lowest BCUT2D eigenvalue weighted by molar-refractivity contribution is -0.0595. The molecule has 2 heterocycles. The number of likely N-dealkylation sites (tertiary alicyclic amines) is 1. The van der Waals surface area contributed by atoms with Gasteiger partial charge >= 0.3 is 0 Å². The molecular weight excluding hydrogens is 240 g/mol. The minimum atomic E-state index is -2.62. The quantitative estimate of drug-likeness (QED) is 0.860. The molecule has 18 heavy (non-hydrogen) atoms. The van der Waals surface area contributed by atoms with Crippen LogP contribution in [0.15, 0.2) is 12.4 Å². The molecule has 0 bridgehead atoms. The Hall–Kier alpha value is -1.81. The van der Waals surface area contributed by atoms with Gasteiger partial charge in [0.1, 0.15) is 6.04 Å². The predicted octanol–water partition coefficient (Wildman–Crippen LogP) is 1.35. The van der Waals surface area contributed by atoms with Crippen LogP contribution in [0.25, 0.3) is 0 Å². The summed E-state index contributed by atoms with van der Waals surface area (Å²) >= 11 is 0. The fraction of sp³-hybridized carbons (Fsp3) is 0.545. The van der Waals surface area contributed by atoms with Crippen LogP contribution in [0.3, 0.4) is 0 Å². The van der Waals surface area contributed by atoms with Gasteiger partial charge in [-0.25, -0.2) is 18.7 Å². The zero-order valence-electron chi connectivity index (χ0n) is 9.68. The number of hydrogen-bond donors (Lipinski definition) is 1. The normalized spacial score (nSPS) is 21.2. The van der Waals surface area contributed by atoms with Gasteiger partial charge in [0.05, 0.1) is 6.07 Å². The number of halogens is 2. The number of piperidine rings is 1. The van der Waals surface area contributed by atoms with Crippen molar-refractivity contribution < 1.29 is 8.78 Å². The molecule has 0 saturated carbocycles. The zero-order chi connectivity index (χ0) is 13.2. The van der Waals surface area contributed by atoms with Crippen LogP contribution in [-0.4, -0.2) is 33.9 Å². The third-order valence-corrected chi connectivity index (χ3v) is 3.02. The molecule has 5 nitrogen and oxygen atoms in total. The van der Waals surface area contributed by atoms with Gasteiger partial charge in [-0.15, -0.1) is 0 Å². The standard InChI is InChI=1S/C11H13F2N5/c12-11(13)1-3-18(4-2-11)9(5-14)8-6-16-10(15)17-7-8/h6-7,9H,1-4H2,(H2,15,16,17). The maximum absolute atomic E-state index is 13.0. The Morgan fingerprint density at radius 1 is 1.33 bits per heavy atom. The van der Waals surface area contributed by atoms with Crippen LogP contribution < -0.4 is 5.73 Å². The van der Waals surface area contributed by atoms with Crippen molar-refractivity contribution in [2.75, 3.05) is 18.8 Å². The number of aromatic nitrogens is 2. The molecule has 0 aromatic carbocycles. The van der Waals surface area contributed by atoms with Gasteiger partial charge in [-0.2, -0.15) is 5.26 Å². The number of nitrogens with zero attached hydrogens (tertiary/aromatic N) is 4. The van der Waals surface area contributed by atoms with Crippen molar-refractivity contribution in [3.05, 3.63) is 18.0 Å². The number of anilines is 1. The van der Waals surface area contributed by atoms with Crippen molar-refractivity contribution in [1.29, 1.82) is 5.26 Å². The largest absolute Gasteiger partial charge is 0.368 e. The van der Waals surface area contributed by atoms with Crippen LogP contribution in [-0.2, 0) is 0 Å². The van der Waals surface area contributed by atoms with E-state index in [9.17, 15) is 8.78 Å². The molecular formula is C11H13F2N5. The van der Waals surface area contributed by atoms with Crippen LogP contribution in [0.5, 0.6) is 0 Å². The summed E-state index contributed by atoms with van der Waals surface area (Å²) in [7, 11) is 0. The third kappa shape index (κ3) is 2.71. The van der Waals surface area contributed by atoms with Gasteiger partial charge in [-0.05, 0) is 0 Å². The van der Waals surface area contributed by atoms with Crippen LogP contribution >= 0.6 is 0 Å². The van der Waals surface area contributed by atoms with Crippen molar-refractivity contribution >= 4 is 5.95 Å². The first-order chi connectivity index (χ1) is 8.52. The molecule has 1 saturated heterocycles. The second-order valence-electron chi connectivity index (χ2n) is 4.30. The predicted molar refractivity (Wildman–Crippen MR) is 60.6 cm³/mol. The lowest BCUT2D eigenvalue weighted by Crippen LogP contribution is -2.41. The number of nitrogens with two attached hydrogens (primary N) is 1. The molecule has 1 aromatic rings. The Morgan fingerprint density at radius 3 is 2.39 bits per heavy atom. The highest BCUT2D eigenvalue weighted by molar-refractivity contribution is 5.23. The van der Waals surface area contributed by atoms with Crippen molar-refractivity contribution in [3.63, 3.8) is 0 Å². The highest BCUT2D eigenvalue weighted by atomic mass is 19.3. The van der Waals surface area contributed by atoms with Gasteiger partial charge in [-0.3, -0.25) is 4.90 Å². The smallest absolute Gasteiger partial charge is 0.250 e. The summed E-state index contributed by atoms with van der Waals surface area (Å²) in [5, 5.41) is 9.17. The first kappa shape index (κ1) is 12.6. The molecule has 1 aliphatic heterocycles. The van der Waals surface area contributed by atoms with E-state index in [1.54, 1.807) is 4.90 Å². The number of hydrogen-bond acceptors (Lipinski definition) is 5. The van der Waals surface area contributed by atoms with Crippen molar-refractivity contribution in [2.45, 2.75) is 24.8 Å². The lowest BCUT2D eigenvalue weighted by atomic mass is 10.0. The Kier molecular flexibility index (Phi) is 3.39. The van der Waals surface area contributed by atoms with E-state index in [2.05, 4.69) is 16.0 Å². The summed E-state index contributed by atoms with van der Waals surface area (Å²) in [6.07, 6.45) is 2.48. The molecule has 1 aromatic heterocycles. The van der Waals surface area contributed by atoms with E-state index >= 15 is 0 Å². The average Bonchev–Trinajstić information content (AvgIpc) is 2.34. The Balaban J connectivity index is 2.11. The fourth-order valence-electron chi connectivity index (χ4n) is 1.97. The molecule has 96 valence electrons. The zero-order valence-corrected chi connectivity index (χ0v) is 9.68. The third-order valence-electron chi connectivity index (χ3n) is 3.02. The van der Waals surface area contributed by atoms with E-state index in [1.165, 1.54) is 12.4 Å². The minimum Gasteiger partial charge on any atom is -0.368 e. The molecule has 1 atom stereocenters. The number of rotatable bonds is 2. The summed E-state index contributed by atoms with van der Waals surface area (Å²) in [5.41, 5.74) is 5.94. The average molecular weight is 253 g/mol. The molecule has 0 amide bonds. The van der Waals surface area contributed by atoms with Gasteiger partial charge in [0.15, 0.2) is 0 Å². The highest BCUT2D eigenvalue weighted by Crippen LogP contribution is 2.31. The maximum Gasteiger partial charge on any atom is 0.250 e. The topological polar surface area (TPSA) is 78.8 Å². The van der Waals surface area contributed by atoms with E-state index in [0.717, 1.165) is 0 Å². The summed E-state index contributed by atoms with van der Waals surface area (Å²) in [4.78, 5) is 9.34. The summed E-state index contributed by atoms with van der Waals surface area (Å²) in [6.45, 7) is 0.380. The van der Waals surface area contributed by atoms with Gasteiger partial charge in [0.25, 0.3) is 5.92 Å². The van der Waals surface area contributed by atoms with Gasteiger partial charge in [0, 0.05) is 43.9 Å². The minimum absolute atomic E-state index is 0.126. The summed E-state index contributed by atoms with van der Waals surface area (Å²) in [5.74, 6) is -2.49. The van der Waals surface area contributed by atoms with E-state index in [-0.39, 0.29) is 31.9 Å². The van der Waals surface area contributed by atoms with E-state index < -0.39 is 12.0 Å². The molecule has 2 rings (SSSR count). The first-order valence-corrected chi connectivity index (χ1v) is 5.61. The lowest BCUT2D eigenvalue weighted by Gasteiger charge is -2.34. The molecule has 1 fully saturated rings. The molecule has 1 aliphatic rings. The maximum atomic E-state index is 13.0. The monoisotopic (exact) mass is 253 g/mol.